The molecule has 0 aromatic heterocycles. The van der Waals surface area contributed by atoms with Crippen LogP contribution in [0.25, 0.3) is 0 Å². The van der Waals surface area contributed by atoms with Gasteiger partial charge in [-0.3, -0.25) is 0 Å². The van der Waals surface area contributed by atoms with Crippen molar-refractivity contribution in [2.45, 2.75) is 6.42 Å². The number of benzene rings is 1. The van der Waals surface area contributed by atoms with Gasteiger partial charge in [0.15, 0.2) is 0 Å². The van der Waals surface area contributed by atoms with Gasteiger partial charge in [-0.25, -0.2) is 0 Å². The maximum Gasteiger partial charge on any atom is 0.0648 e. The Balaban J connectivity index is 2.56. The van der Waals surface area contributed by atoms with E-state index in [2.05, 4.69) is 27.9 Å². The van der Waals surface area contributed by atoms with Crippen LogP contribution in [0.15, 0.2) is 18.2 Å². The van der Waals surface area contributed by atoms with E-state index in [-0.39, 0.29) is 6.61 Å². The van der Waals surface area contributed by atoms with Crippen molar-refractivity contribution in [2.75, 3.05) is 18.5 Å². The molecule has 0 atom stereocenters. The van der Waals surface area contributed by atoms with E-state index in [9.17, 15) is 0 Å². The molecule has 0 aliphatic heterocycles. The van der Waals surface area contributed by atoms with Crippen LogP contribution in [0.2, 0.25) is 5.02 Å². The zero-order chi connectivity index (χ0) is 9.68. The van der Waals surface area contributed by atoms with Gasteiger partial charge in [0.25, 0.3) is 0 Å². The molecule has 0 fully saturated rings. The minimum Gasteiger partial charge on any atom is -0.396 e. The highest BCUT2D eigenvalue weighted by Gasteiger charge is 1.98. The second-order valence-corrected chi connectivity index (χ2v) is 4.28. The minimum absolute atomic E-state index is 0.203. The average Bonchev–Trinajstić information content (AvgIpc) is 2.09. The van der Waals surface area contributed by atoms with Gasteiger partial charge in [0.05, 0.1) is 10.7 Å². The summed E-state index contributed by atoms with van der Waals surface area (Å²) in [6.07, 6.45) is 0.738. The zero-order valence-electron chi connectivity index (χ0n) is 7.06. The van der Waals surface area contributed by atoms with Crippen molar-refractivity contribution >= 4 is 39.9 Å². The van der Waals surface area contributed by atoms with Gasteiger partial charge < -0.3 is 10.4 Å². The molecule has 0 aliphatic rings. The molecule has 2 N–H and O–H groups in total. The van der Waals surface area contributed by atoms with Crippen LogP contribution < -0.4 is 5.32 Å². The summed E-state index contributed by atoms with van der Waals surface area (Å²) in [6.45, 7) is 0.950. The summed E-state index contributed by atoms with van der Waals surface area (Å²) < 4.78 is 1.12. The summed E-state index contributed by atoms with van der Waals surface area (Å²) in [4.78, 5) is 0. The molecule has 0 bridgehead atoms. The van der Waals surface area contributed by atoms with E-state index >= 15 is 0 Å². The SMILES string of the molecule is OCCCNc1ccc(I)cc1Cl. The third kappa shape index (κ3) is 3.70. The number of rotatable bonds is 4. The standard InChI is InChI=1S/C9H11ClINO/c10-8-6-7(11)2-3-9(8)12-4-1-5-13/h2-3,6,12-13H,1,4-5H2. The van der Waals surface area contributed by atoms with Gasteiger partial charge in [-0.05, 0) is 47.2 Å². The molecule has 13 heavy (non-hydrogen) atoms. The molecule has 0 aliphatic carbocycles. The summed E-state index contributed by atoms with van der Waals surface area (Å²) in [6, 6.07) is 5.85. The van der Waals surface area contributed by atoms with E-state index in [4.69, 9.17) is 16.7 Å². The van der Waals surface area contributed by atoms with Crippen LogP contribution in [0.5, 0.6) is 0 Å². The summed E-state index contributed by atoms with van der Waals surface area (Å²) in [5, 5.41) is 12.5. The van der Waals surface area contributed by atoms with Crippen LogP contribution in [0.3, 0.4) is 0 Å². The summed E-state index contributed by atoms with van der Waals surface area (Å²) >= 11 is 8.19. The molecular formula is C9H11ClINO. The predicted octanol–water partition coefficient (Wildman–Crippen LogP) is 2.74. The van der Waals surface area contributed by atoms with Crippen molar-refractivity contribution in [1.29, 1.82) is 0 Å². The van der Waals surface area contributed by atoms with Crippen molar-refractivity contribution in [3.63, 3.8) is 0 Å². The second-order valence-electron chi connectivity index (χ2n) is 2.63. The predicted molar refractivity (Wildman–Crippen MR) is 64.4 cm³/mol. The first kappa shape index (κ1) is 11.1. The second kappa shape index (κ2) is 5.67. The Labute approximate surface area is 96.4 Å². The topological polar surface area (TPSA) is 32.3 Å². The van der Waals surface area contributed by atoms with Crippen molar-refractivity contribution < 1.29 is 5.11 Å². The summed E-state index contributed by atoms with van der Waals surface area (Å²) in [7, 11) is 0. The molecule has 0 spiro atoms. The van der Waals surface area contributed by atoms with Crippen LogP contribution in [0.1, 0.15) is 6.42 Å². The Morgan fingerprint density at radius 3 is 2.85 bits per heavy atom. The molecular weight excluding hydrogens is 300 g/mol. The lowest BCUT2D eigenvalue weighted by molar-refractivity contribution is 0.292. The number of hydrogen-bond donors (Lipinski definition) is 2. The summed E-state index contributed by atoms with van der Waals surface area (Å²) in [5.41, 5.74) is 0.926. The van der Waals surface area contributed by atoms with Gasteiger partial charge in [-0.1, -0.05) is 11.6 Å². The highest BCUT2D eigenvalue weighted by Crippen LogP contribution is 2.23. The minimum atomic E-state index is 0.203. The molecule has 1 aromatic carbocycles. The van der Waals surface area contributed by atoms with Crippen molar-refractivity contribution in [1.82, 2.24) is 0 Å². The molecule has 1 aromatic rings. The fourth-order valence-electron chi connectivity index (χ4n) is 0.935. The fourth-order valence-corrected chi connectivity index (χ4v) is 1.86. The van der Waals surface area contributed by atoms with Gasteiger partial charge in [-0.2, -0.15) is 0 Å². The lowest BCUT2D eigenvalue weighted by Crippen LogP contribution is -2.03. The largest absolute Gasteiger partial charge is 0.396 e. The van der Waals surface area contributed by atoms with E-state index in [1.165, 1.54) is 0 Å². The smallest absolute Gasteiger partial charge is 0.0648 e. The Morgan fingerprint density at radius 1 is 1.46 bits per heavy atom. The monoisotopic (exact) mass is 311 g/mol. The molecule has 0 saturated carbocycles. The molecule has 0 radical (unpaired) electrons. The third-order valence-corrected chi connectivity index (χ3v) is 2.57. The normalized spacial score (nSPS) is 10.1. The van der Waals surface area contributed by atoms with Gasteiger partial charge in [-0.15, -0.1) is 0 Å². The number of nitrogens with one attached hydrogen (secondary N) is 1. The molecule has 0 unspecified atom stereocenters. The van der Waals surface area contributed by atoms with E-state index in [0.717, 1.165) is 27.2 Å². The summed E-state index contributed by atoms with van der Waals surface area (Å²) in [5.74, 6) is 0. The van der Waals surface area contributed by atoms with Crippen LogP contribution in [-0.2, 0) is 0 Å². The van der Waals surface area contributed by atoms with Crippen LogP contribution in [-0.4, -0.2) is 18.3 Å². The van der Waals surface area contributed by atoms with Crippen LogP contribution >= 0.6 is 34.2 Å². The van der Waals surface area contributed by atoms with Crippen molar-refractivity contribution in [3.05, 3.63) is 26.8 Å². The highest BCUT2D eigenvalue weighted by molar-refractivity contribution is 14.1. The Morgan fingerprint density at radius 2 is 2.23 bits per heavy atom. The van der Waals surface area contributed by atoms with Gasteiger partial charge in [0.1, 0.15) is 0 Å². The maximum absolute atomic E-state index is 8.58. The molecule has 0 heterocycles. The van der Waals surface area contributed by atoms with Gasteiger partial charge in [0, 0.05) is 16.7 Å². The van der Waals surface area contributed by atoms with Crippen molar-refractivity contribution in [3.8, 4) is 0 Å². The molecule has 72 valence electrons. The fraction of sp³-hybridized carbons (Fsp3) is 0.333. The van der Waals surface area contributed by atoms with Crippen molar-refractivity contribution in [2.24, 2.45) is 0 Å². The Bertz CT molecular complexity index is 280. The molecule has 0 saturated heterocycles. The molecule has 4 heteroatoms. The molecule has 1 rings (SSSR count). The number of hydrogen-bond acceptors (Lipinski definition) is 2. The van der Waals surface area contributed by atoms with Gasteiger partial charge in [0.2, 0.25) is 0 Å². The Kier molecular flexibility index (Phi) is 4.83. The maximum atomic E-state index is 8.58. The molecule has 2 nitrogen and oxygen atoms in total. The average molecular weight is 312 g/mol. The quantitative estimate of drug-likeness (QED) is 0.662. The van der Waals surface area contributed by atoms with Crippen LogP contribution in [0, 0.1) is 3.57 Å². The van der Waals surface area contributed by atoms with Gasteiger partial charge >= 0.3 is 0 Å². The van der Waals surface area contributed by atoms with E-state index in [0.29, 0.717) is 0 Å². The third-order valence-electron chi connectivity index (χ3n) is 1.58. The van der Waals surface area contributed by atoms with E-state index < -0.39 is 0 Å². The Hall–Kier alpha value is -0.0000000000000000555. The number of anilines is 1. The first-order valence-corrected chi connectivity index (χ1v) is 5.49. The number of aliphatic hydroxyl groups is 1. The number of aliphatic hydroxyl groups excluding tert-OH is 1. The lowest BCUT2D eigenvalue weighted by atomic mass is 10.3. The van der Waals surface area contributed by atoms with E-state index in [1.54, 1.807) is 0 Å². The number of halogens is 2. The lowest BCUT2D eigenvalue weighted by Gasteiger charge is -2.07. The molecule has 0 amide bonds. The van der Waals surface area contributed by atoms with E-state index in [1.807, 2.05) is 18.2 Å². The van der Waals surface area contributed by atoms with Crippen LogP contribution in [0.4, 0.5) is 5.69 Å². The highest BCUT2D eigenvalue weighted by atomic mass is 127. The zero-order valence-corrected chi connectivity index (χ0v) is 9.97. The first-order chi connectivity index (χ1) is 6.24. The first-order valence-electron chi connectivity index (χ1n) is 4.04.